The Morgan fingerprint density at radius 3 is 2.86 bits per heavy atom. The van der Waals surface area contributed by atoms with E-state index in [2.05, 4.69) is 20.2 Å². The van der Waals surface area contributed by atoms with Gasteiger partial charge in [-0.15, -0.1) is 11.3 Å². The van der Waals surface area contributed by atoms with Gasteiger partial charge in [0, 0.05) is 45.3 Å². The number of nitrogens with zero attached hydrogens (tertiary/aromatic N) is 6. The van der Waals surface area contributed by atoms with E-state index in [0.717, 1.165) is 35.6 Å². The fourth-order valence-electron chi connectivity index (χ4n) is 3.76. The van der Waals surface area contributed by atoms with Crippen LogP contribution in [0.4, 0.5) is 5.13 Å². The maximum atomic E-state index is 12.5. The predicted molar refractivity (Wildman–Crippen MR) is 110 cm³/mol. The largest absolute Gasteiger partial charge is 0.354 e. The second-order valence-corrected chi connectivity index (χ2v) is 8.20. The van der Waals surface area contributed by atoms with E-state index in [9.17, 15) is 14.4 Å². The number of aryl methyl sites for hydroxylation is 1. The number of aromatic nitrogens is 5. The highest BCUT2D eigenvalue weighted by Crippen LogP contribution is 2.24. The summed E-state index contributed by atoms with van der Waals surface area (Å²) >= 11 is 1.63. The van der Waals surface area contributed by atoms with E-state index in [0.29, 0.717) is 12.5 Å². The molecule has 11 heteroatoms. The summed E-state index contributed by atoms with van der Waals surface area (Å²) < 4.78 is 3.82. The van der Waals surface area contributed by atoms with E-state index in [1.165, 1.54) is 22.5 Å². The molecular formula is C18H23N7O3S. The smallest absolute Gasteiger partial charge is 0.332 e. The molecule has 1 N–H and O–H groups in total. The van der Waals surface area contributed by atoms with E-state index in [1.807, 2.05) is 5.38 Å². The van der Waals surface area contributed by atoms with E-state index in [1.54, 1.807) is 24.6 Å². The molecule has 1 amide bonds. The molecule has 0 spiro atoms. The molecule has 4 heterocycles. The van der Waals surface area contributed by atoms with E-state index in [-0.39, 0.29) is 23.6 Å². The molecule has 1 atom stereocenters. The first-order chi connectivity index (χ1) is 14.0. The summed E-state index contributed by atoms with van der Waals surface area (Å²) in [4.78, 5) is 47.7. The van der Waals surface area contributed by atoms with Crippen LogP contribution in [0.3, 0.4) is 0 Å². The molecule has 4 rings (SSSR count). The highest BCUT2D eigenvalue weighted by molar-refractivity contribution is 7.13. The molecule has 0 saturated carbocycles. The Labute approximate surface area is 170 Å². The fraction of sp³-hybridized carbons (Fsp3) is 0.500. The highest BCUT2D eigenvalue weighted by atomic mass is 32.1. The third-order valence-electron chi connectivity index (χ3n) is 5.33. The quantitative estimate of drug-likeness (QED) is 0.622. The second kappa shape index (κ2) is 7.82. The normalized spacial score (nSPS) is 17.0. The predicted octanol–water partition coefficient (Wildman–Crippen LogP) is -0.0770. The van der Waals surface area contributed by atoms with Gasteiger partial charge in [-0.3, -0.25) is 18.7 Å². The van der Waals surface area contributed by atoms with Crippen LogP contribution >= 0.6 is 11.3 Å². The SMILES string of the molecule is Cn1c(=O)c2c(ncn2CC(=O)NCC2CCCN(c3nccs3)C2)n(C)c1=O. The van der Waals surface area contributed by atoms with Crippen LogP contribution in [-0.4, -0.2) is 49.2 Å². The van der Waals surface area contributed by atoms with Crippen molar-refractivity contribution in [3.05, 3.63) is 38.7 Å². The van der Waals surface area contributed by atoms with E-state index < -0.39 is 11.2 Å². The first-order valence-electron chi connectivity index (χ1n) is 9.47. The van der Waals surface area contributed by atoms with Gasteiger partial charge in [0.15, 0.2) is 16.3 Å². The van der Waals surface area contributed by atoms with Crippen molar-refractivity contribution >= 4 is 33.5 Å². The molecule has 0 aromatic carbocycles. The van der Waals surface area contributed by atoms with Crippen molar-refractivity contribution in [2.45, 2.75) is 19.4 Å². The lowest BCUT2D eigenvalue weighted by molar-refractivity contribution is -0.121. The third-order valence-corrected chi connectivity index (χ3v) is 6.16. The lowest BCUT2D eigenvalue weighted by Gasteiger charge is -2.32. The van der Waals surface area contributed by atoms with Crippen molar-refractivity contribution in [2.24, 2.45) is 20.0 Å². The van der Waals surface area contributed by atoms with Crippen molar-refractivity contribution in [1.29, 1.82) is 0 Å². The van der Waals surface area contributed by atoms with Crippen LogP contribution in [0, 0.1) is 5.92 Å². The number of nitrogens with one attached hydrogen (secondary N) is 1. The number of rotatable bonds is 5. The molecular weight excluding hydrogens is 394 g/mol. The number of fused-ring (bicyclic) bond motifs is 1. The molecule has 29 heavy (non-hydrogen) atoms. The van der Waals surface area contributed by atoms with Crippen molar-refractivity contribution in [2.75, 3.05) is 24.5 Å². The minimum atomic E-state index is -0.459. The highest BCUT2D eigenvalue weighted by Gasteiger charge is 2.22. The topological polar surface area (TPSA) is 107 Å². The van der Waals surface area contributed by atoms with Gasteiger partial charge >= 0.3 is 5.69 Å². The molecule has 1 aliphatic heterocycles. The number of carbonyl (C=O) groups is 1. The number of amides is 1. The Kier molecular flexibility index (Phi) is 5.22. The van der Waals surface area contributed by atoms with Crippen LogP contribution in [0.15, 0.2) is 27.5 Å². The average molecular weight is 417 g/mol. The van der Waals surface area contributed by atoms with E-state index >= 15 is 0 Å². The van der Waals surface area contributed by atoms with Gasteiger partial charge in [-0.05, 0) is 18.8 Å². The van der Waals surface area contributed by atoms with Crippen molar-refractivity contribution < 1.29 is 4.79 Å². The van der Waals surface area contributed by atoms with Gasteiger partial charge in [-0.1, -0.05) is 0 Å². The number of anilines is 1. The van der Waals surface area contributed by atoms with Gasteiger partial charge in [0.2, 0.25) is 5.91 Å². The van der Waals surface area contributed by atoms with Gasteiger partial charge in [0.25, 0.3) is 5.56 Å². The summed E-state index contributed by atoms with van der Waals surface area (Å²) in [5.74, 6) is 0.163. The molecule has 10 nitrogen and oxygen atoms in total. The molecule has 1 fully saturated rings. The molecule has 0 aliphatic carbocycles. The molecule has 154 valence electrons. The van der Waals surface area contributed by atoms with Crippen LogP contribution in [0.1, 0.15) is 12.8 Å². The summed E-state index contributed by atoms with van der Waals surface area (Å²) in [6, 6.07) is 0. The van der Waals surface area contributed by atoms with Crippen molar-refractivity contribution in [1.82, 2.24) is 29.0 Å². The molecule has 3 aromatic heterocycles. The number of hydrogen-bond donors (Lipinski definition) is 1. The maximum Gasteiger partial charge on any atom is 0.332 e. The monoisotopic (exact) mass is 417 g/mol. The zero-order valence-corrected chi connectivity index (χ0v) is 17.2. The van der Waals surface area contributed by atoms with Gasteiger partial charge in [-0.25, -0.2) is 14.8 Å². The molecule has 1 unspecified atom stereocenters. The molecule has 0 radical (unpaired) electrons. The lowest BCUT2D eigenvalue weighted by Crippen LogP contribution is -2.42. The van der Waals surface area contributed by atoms with Crippen LogP contribution in [0.2, 0.25) is 0 Å². The Morgan fingerprint density at radius 1 is 1.28 bits per heavy atom. The number of hydrogen-bond acceptors (Lipinski definition) is 7. The second-order valence-electron chi connectivity index (χ2n) is 7.32. The van der Waals surface area contributed by atoms with Crippen molar-refractivity contribution in [3.63, 3.8) is 0 Å². The lowest BCUT2D eigenvalue weighted by atomic mass is 9.98. The van der Waals surface area contributed by atoms with E-state index in [4.69, 9.17) is 0 Å². The summed E-state index contributed by atoms with van der Waals surface area (Å²) in [6.07, 6.45) is 5.35. The van der Waals surface area contributed by atoms with Gasteiger partial charge in [0.1, 0.15) is 6.54 Å². The summed E-state index contributed by atoms with van der Waals surface area (Å²) in [7, 11) is 2.97. The summed E-state index contributed by atoms with van der Waals surface area (Å²) in [5.41, 5.74) is -0.381. The molecule has 3 aromatic rings. The van der Waals surface area contributed by atoms with Crippen LogP contribution < -0.4 is 21.5 Å². The zero-order chi connectivity index (χ0) is 20.5. The number of thiazole rings is 1. The summed E-state index contributed by atoms with van der Waals surface area (Å²) in [5, 5.41) is 5.96. The third kappa shape index (κ3) is 3.69. The Bertz CT molecular complexity index is 1140. The van der Waals surface area contributed by atoms with Crippen LogP contribution in [0.5, 0.6) is 0 Å². The minimum Gasteiger partial charge on any atom is -0.354 e. The number of piperidine rings is 1. The average Bonchev–Trinajstić information content (AvgIpc) is 3.40. The molecule has 1 saturated heterocycles. The van der Waals surface area contributed by atoms with Crippen LogP contribution in [-0.2, 0) is 25.4 Å². The van der Waals surface area contributed by atoms with Crippen LogP contribution in [0.25, 0.3) is 11.2 Å². The van der Waals surface area contributed by atoms with Gasteiger partial charge in [-0.2, -0.15) is 0 Å². The fourth-order valence-corrected chi connectivity index (χ4v) is 4.44. The maximum absolute atomic E-state index is 12.5. The summed E-state index contributed by atoms with van der Waals surface area (Å²) in [6.45, 7) is 2.40. The molecule has 1 aliphatic rings. The Balaban J connectivity index is 1.42. The van der Waals surface area contributed by atoms with Gasteiger partial charge in [0.05, 0.1) is 6.33 Å². The Hall–Kier alpha value is -2.95. The molecule has 0 bridgehead atoms. The number of imidazole rings is 1. The zero-order valence-electron chi connectivity index (χ0n) is 16.4. The first-order valence-corrected chi connectivity index (χ1v) is 10.4. The minimum absolute atomic E-state index is 0.0210. The first kappa shape index (κ1) is 19.4. The Morgan fingerprint density at radius 2 is 2.10 bits per heavy atom. The standard InChI is InChI=1S/C18H23N7O3S/c1-22-15-14(16(27)23(2)18(22)28)25(11-21-15)10-13(26)20-8-12-4-3-6-24(9-12)17-19-5-7-29-17/h5,7,11-12H,3-4,6,8-10H2,1-2H3,(H,20,26). The van der Waals surface area contributed by atoms with Gasteiger partial charge < -0.3 is 14.8 Å². The van der Waals surface area contributed by atoms with Crippen molar-refractivity contribution in [3.8, 4) is 0 Å². The number of carbonyl (C=O) groups excluding carboxylic acids is 1.